The van der Waals surface area contributed by atoms with Crippen molar-refractivity contribution in [3.05, 3.63) is 0 Å². The predicted molar refractivity (Wildman–Crippen MR) is 34.1 cm³/mol. The molecular weight excluding hydrogens is 118 g/mol. The van der Waals surface area contributed by atoms with E-state index in [9.17, 15) is 0 Å². The van der Waals surface area contributed by atoms with Crippen LogP contribution < -0.4 is 0 Å². The third-order valence-corrected chi connectivity index (χ3v) is 1.88. The second-order valence-electron chi connectivity index (χ2n) is 2.67. The number of hydrogen-bond acceptors (Lipinski definition) is 3. The fourth-order valence-corrected chi connectivity index (χ4v) is 1.26. The van der Waals surface area contributed by atoms with Crippen molar-refractivity contribution in [1.29, 1.82) is 0 Å². The molecular formula is C6H13NO2. The minimum atomic E-state index is -0.229. The summed E-state index contributed by atoms with van der Waals surface area (Å²) in [6.45, 7) is 0.860. The molecule has 1 rings (SSSR count). The molecule has 1 saturated heterocycles. The first kappa shape index (κ1) is 6.99. The van der Waals surface area contributed by atoms with Crippen LogP contribution in [0.25, 0.3) is 0 Å². The van der Waals surface area contributed by atoms with Gasteiger partial charge in [-0.15, -0.1) is 0 Å². The monoisotopic (exact) mass is 131 g/mol. The van der Waals surface area contributed by atoms with Gasteiger partial charge in [-0.25, -0.2) is 0 Å². The van der Waals surface area contributed by atoms with Crippen molar-refractivity contribution in [3.8, 4) is 0 Å². The quantitative estimate of drug-likeness (QED) is 0.482. The molecule has 54 valence electrons. The van der Waals surface area contributed by atoms with Gasteiger partial charge in [-0.1, -0.05) is 0 Å². The van der Waals surface area contributed by atoms with Gasteiger partial charge >= 0.3 is 0 Å². The molecule has 0 aromatic heterocycles. The standard InChI is InChI=1S/C6H13NO2/c1-7-3-6(9)2-5(7)4-8/h5-6,8-9H,2-4H2,1H3/t5-,6-/m0/s1. The van der Waals surface area contributed by atoms with Crippen LogP contribution in [0, 0.1) is 0 Å². The van der Waals surface area contributed by atoms with E-state index in [-0.39, 0.29) is 18.8 Å². The second-order valence-corrected chi connectivity index (χ2v) is 2.67. The van der Waals surface area contributed by atoms with Crippen molar-refractivity contribution in [2.24, 2.45) is 0 Å². The molecule has 3 heteroatoms. The number of nitrogens with zero attached hydrogens (tertiary/aromatic N) is 1. The molecule has 0 radical (unpaired) electrons. The van der Waals surface area contributed by atoms with E-state index in [1.54, 1.807) is 0 Å². The number of hydrogen-bond donors (Lipinski definition) is 2. The van der Waals surface area contributed by atoms with Crippen molar-refractivity contribution in [2.75, 3.05) is 20.2 Å². The van der Waals surface area contributed by atoms with Gasteiger partial charge in [0.1, 0.15) is 0 Å². The van der Waals surface area contributed by atoms with Crippen molar-refractivity contribution in [2.45, 2.75) is 18.6 Å². The van der Waals surface area contributed by atoms with Crippen molar-refractivity contribution >= 4 is 0 Å². The van der Waals surface area contributed by atoms with Gasteiger partial charge in [0, 0.05) is 12.6 Å². The van der Waals surface area contributed by atoms with Crippen molar-refractivity contribution < 1.29 is 10.2 Å². The van der Waals surface area contributed by atoms with Gasteiger partial charge in [0.15, 0.2) is 0 Å². The van der Waals surface area contributed by atoms with E-state index in [1.807, 2.05) is 11.9 Å². The molecule has 1 heterocycles. The van der Waals surface area contributed by atoms with Gasteiger partial charge in [-0.2, -0.15) is 0 Å². The SMILES string of the molecule is CN1C[C@@H](O)C[C@H]1CO. The summed E-state index contributed by atoms with van der Waals surface area (Å²) in [6.07, 6.45) is 0.486. The van der Waals surface area contributed by atoms with Gasteiger partial charge in [-0.3, -0.25) is 4.90 Å². The molecule has 0 bridgehead atoms. The molecule has 1 aliphatic heterocycles. The zero-order valence-corrected chi connectivity index (χ0v) is 5.62. The number of aliphatic hydroxyl groups is 2. The lowest BCUT2D eigenvalue weighted by Gasteiger charge is -2.14. The molecule has 0 amide bonds. The topological polar surface area (TPSA) is 43.7 Å². The van der Waals surface area contributed by atoms with E-state index in [0.29, 0.717) is 13.0 Å². The van der Waals surface area contributed by atoms with Gasteiger partial charge in [0.05, 0.1) is 12.7 Å². The molecule has 0 spiro atoms. The first-order valence-corrected chi connectivity index (χ1v) is 3.23. The minimum absolute atomic E-state index is 0.160. The minimum Gasteiger partial charge on any atom is -0.395 e. The maximum absolute atomic E-state index is 9.05. The van der Waals surface area contributed by atoms with Gasteiger partial charge in [0.25, 0.3) is 0 Å². The highest BCUT2D eigenvalue weighted by molar-refractivity contribution is 4.81. The number of rotatable bonds is 1. The van der Waals surface area contributed by atoms with Crippen LogP contribution in [0.5, 0.6) is 0 Å². The summed E-state index contributed by atoms with van der Waals surface area (Å²) in [6, 6.07) is 0.181. The first-order valence-electron chi connectivity index (χ1n) is 3.23. The summed E-state index contributed by atoms with van der Waals surface area (Å²) >= 11 is 0. The normalized spacial score (nSPS) is 37.7. The summed E-state index contributed by atoms with van der Waals surface area (Å²) in [5.41, 5.74) is 0. The molecule has 0 aliphatic carbocycles. The van der Waals surface area contributed by atoms with E-state index in [0.717, 1.165) is 0 Å². The molecule has 2 atom stereocenters. The zero-order valence-electron chi connectivity index (χ0n) is 5.62. The molecule has 0 aromatic carbocycles. The molecule has 1 fully saturated rings. The summed E-state index contributed by atoms with van der Waals surface area (Å²) in [4.78, 5) is 1.98. The number of likely N-dealkylation sites (tertiary alicyclic amines) is 1. The molecule has 1 aliphatic rings. The van der Waals surface area contributed by atoms with Crippen LogP contribution >= 0.6 is 0 Å². The summed E-state index contributed by atoms with van der Waals surface area (Å²) in [5, 5.41) is 17.7. The first-order chi connectivity index (χ1) is 4.24. The molecule has 0 aromatic rings. The Balaban J connectivity index is 2.38. The summed E-state index contributed by atoms with van der Waals surface area (Å²) in [5.74, 6) is 0. The van der Waals surface area contributed by atoms with Crippen LogP contribution in [0.2, 0.25) is 0 Å². The van der Waals surface area contributed by atoms with Crippen LogP contribution in [-0.2, 0) is 0 Å². The number of β-amino-alcohol motifs (C(OH)–C–C–N with tert-alkyl or cyclic N) is 1. The maximum Gasteiger partial charge on any atom is 0.0682 e. The van der Waals surface area contributed by atoms with Crippen LogP contribution in [0.4, 0.5) is 0 Å². The van der Waals surface area contributed by atoms with Gasteiger partial charge in [0.2, 0.25) is 0 Å². The maximum atomic E-state index is 9.05. The lowest BCUT2D eigenvalue weighted by Crippen LogP contribution is -2.27. The molecule has 3 nitrogen and oxygen atoms in total. The van der Waals surface area contributed by atoms with Crippen molar-refractivity contribution in [3.63, 3.8) is 0 Å². The van der Waals surface area contributed by atoms with Crippen LogP contribution in [-0.4, -0.2) is 47.5 Å². The Hall–Kier alpha value is -0.120. The van der Waals surface area contributed by atoms with E-state index in [4.69, 9.17) is 10.2 Å². The lowest BCUT2D eigenvalue weighted by atomic mass is 10.2. The van der Waals surface area contributed by atoms with Gasteiger partial charge < -0.3 is 10.2 Å². The lowest BCUT2D eigenvalue weighted by molar-refractivity contribution is 0.180. The zero-order chi connectivity index (χ0) is 6.85. The summed E-state index contributed by atoms with van der Waals surface area (Å²) in [7, 11) is 1.91. The average Bonchev–Trinajstić information content (AvgIpc) is 2.10. The molecule has 0 saturated carbocycles. The highest BCUT2D eigenvalue weighted by Gasteiger charge is 2.26. The van der Waals surface area contributed by atoms with E-state index < -0.39 is 0 Å². The van der Waals surface area contributed by atoms with Crippen LogP contribution in [0.15, 0.2) is 0 Å². The Morgan fingerprint density at radius 2 is 2.33 bits per heavy atom. The number of aliphatic hydroxyl groups excluding tert-OH is 2. The molecule has 2 N–H and O–H groups in total. The number of likely N-dealkylation sites (N-methyl/N-ethyl adjacent to an activating group) is 1. The van der Waals surface area contributed by atoms with E-state index in [2.05, 4.69) is 0 Å². The molecule has 9 heavy (non-hydrogen) atoms. The Morgan fingerprint density at radius 1 is 1.67 bits per heavy atom. The average molecular weight is 131 g/mol. The Kier molecular flexibility index (Phi) is 2.05. The largest absolute Gasteiger partial charge is 0.395 e. The second kappa shape index (κ2) is 2.64. The smallest absolute Gasteiger partial charge is 0.0682 e. The highest BCUT2D eigenvalue weighted by atomic mass is 16.3. The van der Waals surface area contributed by atoms with Crippen LogP contribution in [0.3, 0.4) is 0 Å². The van der Waals surface area contributed by atoms with Gasteiger partial charge in [-0.05, 0) is 13.5 Å². The summed E-state index contributed by atoms with van der Waals surface area (Å²) < 4.78 is 0. The Morgan fingerprint density at radius 3 is 2.56 bits per heavy atom. The third kappa shape index (κ3) is 1.41. The van der Waals surface area contributed by atoms with E-state index >= 15 is 0 Å². The molecule has 0 unspecified atom stereocenters. The Bertz CT molecular complexity index is 97.1. The van der Waals surface area contributed by atoms with Crippen molar-refractivity contribution in [1.82, 2.24) is 4.90 Å². The van der Waals surface area contributed by atoms with Crippen LogP contribution in [0.1, 0.15) is 6.42 Å². The third-order valence-electron chi connectivity index (χ3n) is 1.88. The van der Waals surface area contributed by atoms with E-state index in [1.165, 1.54) is 0 Å². The Labute approximate surface area is 54.9 Å². The highest BCUT2D eigenvalue weighted by Crippen LogP contribution is 2.13. The fraction of sp³-hybridized carbons (Fsp3) is 1.00. The fourth-order valence-electron chi connectivity index (χ4n) is 1.26. The predicted octanol–water partition coefficient (Wildman–Crippen LogP) is -0.956.